The third-order valence-corrected chi connectivity index (χ3v) is 2.93. The first kappa shape index (κ1) is 13.8. The van der Waals surface area contributed by atoms with Crippen LogP contribution >= 0.6 is 0 Å². The van der Waals surface area contributed by atoms with Crippen LogP contribution in [0.3, 0.4) is 0 Å². The van der Waals surface area contributed by atoms with Crippen LogP contribution in [0.4, 0.5) is 14.5 Å². The van der Waals surface area contributed by atoms with Crippen molar-refractivity contribution in [1.82, 2.24) is 20.6 Å². The number of halogens is 2. The Bertz CT molecular complexity index is 820. The van der Waals surface area contributed by atoms with Gasteiger partial charge >= 0.3 is 0 Å². The van der Waals surface area contributed by atoms with Gasteiger partial charge in [-0.15, -0.1) is 10.2 Å². The monoisotopic (exact) mass is 301 g/mol. The average molecular weight is 301 g/mol. The van der Waals surface area contributed by atoms with Crippen LogP contribution in [0.25, 0.3) is 11.4 Å². The van der Waals surface area contributed by atoms with E-state index in [2.05, 4.69) is 25.9 Å². The summed E-state index contributed by atoms with van der Waals surface area (Å²) in [6.07, 6.45) is 0. The summed E-state index contributed by atoms with van der Waals surface area (Å²) in [4.78, 5) is 12.1. The first-order chi connectivity index (χ1) is 10.6. The van der Waals surface area contributed by atoms with Crippen LogP contribution < -0.4 is 5.32 Å². The van der Waals surface area contributed by atoms with Gasteiger partial charge in [0.2, 0.25) is 5.82 Å². The van der Waals surface area contributed by atoms with Crippen LogP contribution in [0.1, 0.15) is 10.4 Å². The number of hydrogen-bond acceptors (Lipinski definition) is 4. The Labute approximate surface area is 123 Å². The highest BCUT2D eigenvalue weighted by atomic mass is 19.1. The Morgan fingerprint density at radius 3 is 2.73 bits per heavy atom. The minimum atomic E-state index is -0.809. The zero-order valence-electron chi connectivity index (χ0n) is 11.0. The zero-order chi connectivity index (χ0) is 15.5. The summed E-state index contributed by atoms with van der Waals surface area (Å²) in [5.41, 5.74) is 0.474. The van der Waals surface area contributed by atoms with Gasteiger partial charge in [-0.1, -0.05) is 12.1 Å². The van der Waals surface area contributed by atoms with E-state index in [0.717, 1.165) is 18.2 Å². The van der Waals surface area contributed by atoms with Crippen LogP contribution in [0.2, 0.25) is 0 Å². The van der Waals surface area contributed by atoms with Crippen LogP contribution in [-0.2, 0) is 0 Å². The van der Waals surface area contributed by atoms with Crippen molar-refractivity contribution in [2.45, 2.75) is 0 Å². The number of tetrazole rings is 1. The Hall–Kier alpha value is -3.16. The van der Waals surface area contributed by atoms with Gasteiger partial charge in [0.15, 0.2) is 0 Å². The first-order valence-electron chi connectivity index (χ1n) is 6.24. The molecule has 2 aromatic carbocycles. The molecule has 0 unspecified atom stereocenters. The maximum atomic E-state index is 13.6. The molecule has 1 heterocycles. The highest BCUT2D eigenvalue weighted by molar-refractivity contribution is 6.06. The molecule has 0 saturated carbocycles. The molecule has 0 spiro atoms. The SMILES string of the molecule is O=C(Nc1ccccc1-c1nn[nH]n1)c1cc(F)ccc1F. The number of rotatable bonds is 3. The molecule has 0 radical (unpaired) electrons. The number of benzene rings is 2. The van der Waals surface area contributed by atoms with Crippen molar-refractivity contribution in [2.75, 3.05) is 5.32 Å². The molecule has 8 heteroatoms. The third-order valence-electron chi connectivity index (χ3n) is 2.93. The van der Waals surface area contributed by atoms with Gasteiger partial charge < -0.3 is 5.32 Å². The minimum absolute atomic E-state index is 0.274. The summed E-state index contributed by atoms with van der Waals surface area (Å²) in [6, 6.07) is 9.35. The Morgan fingerprint density at radius 1 is 1.14 bits per heavy atom. The Kier molecular flexibility index (Phi) is 3.57. The topological polar surface area (TPSA) is 83.6 Å². The van der Waals surface area contributed by atoms with Crippen LogP contribution in [0, 0.1) is 11.6 Å². The van der Waals surface area contributed by atoms with E-state index in [1.54, 1.807) is 24.3 Å². The zero-order valence-corrected chi connectivity index (χ0v) is 11.0. The van der Waals surface area contributed by atoms with E-state index in [1.165, 1.54) is 0 Å². The Balaban J connectivity index is 1.94. The largest absolute Gasteiger partial charge is 0.321 e. The fraction of sp³-hybridized carbons (Fsp3) is 0. The van der Waals surface area contributed by atoms with E-state index in [9.17, 15) is 13.6 Å². The second-order valence-corrected chi connectivity index (χ2v) is 4.36. The number of nitrogens with one attached hydrogen (secondary N) is 2. The number of aromatic nitrogens is 4. The van der Waals surface area contributed by atoms with E-state index < -0.39 is 17.5 Å². The molecule has 2 N–H and O–H groups in total. The van der Waals surface area contributed by atoms with E-state index >= 15 is 0 Å². The molecule has 0 atom stereocenters. The lowest BCUT2D eigenvalue weighted by Crippen LogP contribution is -2.14. The second kappa shape index (κ2) is 5.68. The highest BCUT2D eigenvalue weighted by Crippen LogP contribution is 2.24. The lowest BCUT2D eigenvalue weighted by Gasteiger charge is -2.09. The quantitative estimate of drug-likeness (QED) is 0.778. The van der Waals surface area contributed by atoms with Crippen molar-refractivity contribution in [2.24, 2.45) is 0 Å². The van der Waals surface area contributed by atoms with E-state index in [-0.39, 0.29) is 11.4 Å². The van der Waals surface area contributed by atoms with Gasteiger partial charge in [-0.3, -0.25) is 4.79 Å². The normalized spacial score (nSPS) is 10.5. The fourth-order valence-electron chi connectivity index (χ4n) is 1.92. The standard InChI is InChI=1S/C14H9F2N5O/c15-8-5-6-11(16)10(7-8)14(22)17-12-4-2-1-3-9(12)13-18-20-21-19-13/h1-7H,(H,17,22)(H,18,19,20,21). The number of H-pyrrole nitrogens is 1. The smallest absolute Gasteiger partial charge is 0.258 e. The Morgan fingerprint density at radius 2 is 1.95 bits per heavy atom. The average Bonchev–Trinajstić information content (AvgIpc) is 3.04. The molecule has 6 nitrogen and oxygen atoms in total. The molecule has 22 heavy (non-hydrogen) atoms. The molecule has 1 amide bonds. The van der Waals surface area contributed by atoms with E-state index in [1.807, 2.05) is 0 Å². The maximum Gasteiger partial charge on any atom is 0.258 e. The summed E-state index contributed by atoms with van der Waals surface area (Å²) in [7, 11) is 0. The van der Waals surface area contributed by atoms with Crippen molar-refractivity contribution in [1.29, 1.82) is 0 Å². The highest BCUT2D eigenvalue weighted by Gasteiger charge is 2.16. The van der Waals surface area contributed by atoms with Crippen molar-refractivity contribution in [3.05, 3.63) is 59.7 Å². The van der Waals surface area contributed by atoms with Gasteiger partial charge in [-0.25, -0.2) is 8.78 Å². The number of amides is 1. The van der Waals surface area contributed by atoms with Crippen LogP contribution in [-0.4, -0.2) is 26.5 Å². The molecule has 0 fully saturated rings. The van der Waals surface area contributed by atoms with Crippen molar-refractivity contribution < 1.29 is 13.6 Å². The number of para-hydroxylation sites is 1. The predicted molar refractivity (Wildman–Crippen MR) is 73.9 cm³/mol. The number of aromatic amines is 1. The van der Waals surface area contributed by atoms with E-state index in [4.69, 9.17) is 0 Å². The van der Waals surface area contributed by atoms with Gasteiger partial charge in [-0.05, 0) is 35.5 Å². The van der Waals surface area contributed by atoms with Crippen molar-refractivity contribution in [3.8, 4) is 11.4 Å². The second-order valence-electron chi connectivity index (χ2n) is 4.36. The van der Waals surface area contributed by atoms with Crippen LogP contribution in [0.5, 0.6) is 0 Å². The predicted octanol–water partition coefficient (Wildman–Crippen LogP) is 2.40. The van der Waals surface area contributed by atoms with Gasteiger partial charge in [0.1, 0.15) is 11.6 Å². The van der Waals surface area contributed by atoms with E-state index in [0.29, 0.717) is 11.3 Å². The summed E-state index contributed by atoms with van der Waals surface area (Å²) in [5.74, 6) is -2.00. The lowest BCUT2D eigenvalue weighted by atomic mass is 10.1. The molecule has 3 aromatic rings. The molecule has 110 valence electrons. The van der Waals surface area contributed by atoms with Crippen LogP contribution in [0.15, 0.2) is 42.5 Å². The fourth-order valence-corrected chi connectivity index (χ4v) is 1.92. The minimum Gasteiger partial charge on any atom is -0.321 e. The molecule has 0 aliphatic heterocycles. The number of hydrogen-bond donors (Lipinski definition) is 2. The molecule has 0 bridgehead atoms. The molecule has 1 aromatic heterocycles. The number of carbonyl (C=O) groups excluding carboxylic acids is 1. The summed E-state index contributed by atoms with van der Waals surface area (Å²) in [5, 5.41) is 15.9. The van der Waals surface area contributed by atoms with Gasteiger partial charge in [-0.2, -0.15) is 5.21 Å². The molecule has 0 aliphatic carbocycles. The van der Waals surface area contributed by atoms with Crippen molar-refractivity contribution >= 4 is 11.6 Å². The number of anilines is 1. The number of nitrogens with zero attached hydrogens (tertiary/aromatic N) is 3. The molecular weight excluding hydrogens is 292 g/mol. The first-order valence-corrected chi connectivity index (χ1v) is 6.24. The van der Waals surface area contributed by atoms with Gasteiger partial charge in [0.05, 0.1) is 11.3 Å². The lowest BCUT2D eigenvalue weighted by molar-refractivity contribution is 0.102. The summed E-state index contributed by atoms with van der Waals surface area (Å²) < 4.78 is 26.8. The summed E-state index contributed by atoms with van der Waals surface area (Å²) >= 11 is 0. The molecule has 0 saturated heterocycles. The molecule has 0 aliphatic rings. The molecule has 3 rings (SSSR count). The number of carbonyl (C=O) groups is 1. The third kappa shape index (κ3) is 2.66. The van der Waals surface area contributed by atoms with Gasteiger partial charge in [0, 0.05) is 5.56 Å². The van der Waals surface area contributed by atoms with Crippen molar-refractivity contribution in [3.63, 3.8) is 0 Å². The van der Waals surface area contributed by atoms with Gasteiger partial charge in [0.25, 0.3) is 5.91 Å². The molecular formula is C14H9F2N5O. The summed E-state index contributed by atoms with van der Waals surface area (Å²) in [6.45, 7) is 0. The maximum absolute atomic E-state index is 13.6.